The molecule has 88 valence electrons. The Labute approximate surface area is 96.2 Å². The summed E-state index contributed by atoms with van der Waals surface area (Å²) >= 11 is 0. The molecule has 1 aromatic heterocycles. The second-order valence-electron chi connectivity index (χ2n) is 3.49. The Bertz CT molecular complexity index is 525. The zero-order valence-electron chi connectivity index (χ0n) is 9.07. The molecule has 0 atom stereocenters. The molecule has 0 saturated heterocycles. The van der Waals surface area contributed by atoms with Crippen LogP contribution in [-0.2, 0) is 6.54 Å². The fraction of sp³-hybridized carbons (Fsp3) is 0.200. The fourth-order valence-corrected chi connectivity index (χ4v) is 1.33. The Hall–Kier alpha value is -2.31. The van der Waals surface area contributed by atoms with Crippen molar-refractivity contribution in [2.45, 2.75) is 13.5 Å². The van der Waals surface area contributed by atoms with Gasteiger partial charge in [0.2, 0.25) is 0 Å². The molecule has 0 radical (unpaired) electrons. The summed E-state index contributed by atoms with van der Waals surface area (Å²) in [4.78, 5) is 11.7. The van der Waals surface area contributed by atoms with Crippen LogP contribution in [0.15, 0.2) is 18.2 Å². The molecule has 6 nitrogen and oxygen atoms in total. The van der Waals surface area contributed by atoms with E-state index in [0.29, 0.717) is 5.82 Å². The van der Waals surface area contributed by atoms with Gasteiger partial charge in [-0.15, -0.1) is 10.2 Å². The van der Waals surface area contributed by atoms with Gasteiger partial charge in [-0.1, -0.05) is 16.8 Å². The highest BCUT2D eigenvalue weighted by molar-refractivity contribution is 5.94. The summed E-state index contributed by atoms with van der Waals surface area (Å²) in [7, 11) is 0. The van der Waals surface area contributed by atoms with Crippen molar-refractivity contribution in [1.29, 1.82) is 0 Å². The van der Waals surface area contributed by atoms with E-state index in [0.717, 1.165) is 5.56 Å². The van der Waals surface area contributed by atoms with Crippen molar-refractivity contribution in [3.63, 3.8) is 0 Å². The molecule has 0 aliphatic heterocycles. The number of H-pyrrole nitrogens is 1. The van der Waals surface area contributed by atoms with Crippen molar-refractivity contribution >= 4 is 5.91 Å². The maximum absolute atomic E-state index is 13.4. The van der Waals surface area contributed by atoms with Crippen LogP contribution >= 0.6 is 0 Å². The summed E-state index contributed by atoms with van der Waals surface area (Å²) in [6, 6.07) is 4.35. The van der Waals surface area contributed by atoms with Gasteiger partial charge in [-0.3, -0.25) is 4.79 Å². The van der Waals surface area contributed by atoms with Gasteiger partial charge in [0.25, 0.3) is 5.91 Å². The Morgan fingerprint density at radius 1 is 1.53 bits per heavy atom. The predicted molar refractivity (Wildman–Crippen MR) is 56.5 cm³/mol. The molecule has 0 aliphatic rings. The van der Waals surface area contributed by atoms with E-state index in [1.54, 1.807) is 13.0 Å². The SMILES string of the molecule is Cc1ccc(F)c(C(=O)NCc2nn[nH]n2)c1. The molecule has 7 heteroatoms. The van der Waals surface area contributed by atoms with Crippen LogP contribution in [0.3, 0.4) is 0 Å². The normalized spacial score (nSPS) is 10.2. The standard InChI is InChI=1S/C10H10FN5O/c1-6-2-3-8(11)7(4-6)10(17)12-5-9-13-15-16-14-9/h2-4H,5H2,1H3,(H,12,17)(H,13,14,15,16). The molecule has 0 spiro atoms. The number of tetrazole rings is 1. The van der Waals surface area contributed by atoms with Gasteiger partial charge in [0.15, 0.2) is 5.82 Å². The summed E-state index contributed by atoms with van der Waals surface area (Å²) in [5.74, 6) is -0.719. The molecule has 1 amide bonds. The zero-order chi connectivity index (χ0) is 12.3. The largest absolute Gasteiger partial charge is 0.344 e. The van der Waals surface area contributed by atoms with Crippen LogP contribution in [-0.4, -0.2) is 26.5 Å². The van der Waals surface area contributed by atoms with Gasteiger partial charge in [0.1, 0.15) is 5.82 Å². The first-order valence-corrected chi connectivity index (χ1v) is 4.93. The molecule has 1 heterocycles. The lowest BCUT2D eigenvalue weighted by Crippen LogP contribution is -2.24. The van der Waals surface area contributed by atoms with Gasteiger partial charge < -0.3 is 5.32 Å². The van der Waals surface area contributed by atoms with Gasteiger partial charge in [0.05, 0.1) is 12.1 Å². The van der Waals surface area contributed by atoms with E-state index in [1.165, 1.54) is 12.1 Å². The highest BCUT2D eigenvalue weighted by Crippen LogP contribution is 2.09. The monoisotopic (exact) mass is 235 g/mol. The number of benzene rings is 1. The summed E-state index contributed by atoms with van der Waals surface area (Å²) in [5.41, 5.74) is 0.824. The lowest BCUT2D eigenvalue weighted by atomic mass is 10.1. The number of carbonyl (C=O) groups excluding carboxylic acids is 1. The number of rotatable bonds is 3. The van der Waals surface area contributed by atoms with Gasteiger partial charge >= 0.3 is 0 Å². The van der Waals surface area contributed by atoms with E-state index in [9.17, 15) is 9.18 Å². The average molecular weight is 235 g/mol. The van der Waals surface area contributed by atoms with E-state index in [4.69, 9.17) is 0 Å². The molecule has 0 fully saturated rings. The number of halogens is 1. The first-order valence-electron chi connectivity index (χ1n) is 4.93. The number of carbonyl (C=O) groups is 1. The molecule has 0 unspecified atom stereocenters. The van der Waals surface area contributed by atoms with E-state index in [2.05, 4.69) is 25.9 Å². The molecular formula is C10H10FN5O. The third-order valence-corrected chi connectivity index (χ3v) is 2.16. The summed E-state index contributed by atoms with van der Waals surface area (Å²) in [6.45, 7) is 1.89. The van der Waals surface area contributed by atoms with Crippen molar-refractivity contribution in [2.24, 2.45) is 0 Å². The van der Waals surface area contributed by atoms with Crippen molar-refractivity contribution in [1.82, 2.24) is 25.9 Å². The first kappa shape index (κ1) is 11.2. The van der Waals surface area contributed by atoms with Crippen LogP contribution in [0.2, 0.25) is 0 Å². The summed E-state index contributed by atoms with van der Waals surface area (Å²) in [5, 5.41) is 15.4. The van der Waals surface area contributed by atoms with Crippen molar-refractivity contribution in [3.05, 3.63) is 41.0 Å². The van der Waals surface area contributed by atoms with Crippen LogP contribution < -0.4 is 5.32 Å². The number of hydrogen-bond acceptors (Lipinski definition) is 4. The minimum absolute atomic E-state index is 0.00787. The third kappa shape index (κ3) is 2.63. The summed E-state index contributed by atoms with van der Waals surface area (Å²) in [6.07, 6.45) is 0. The van der Waals surface area contributed by atoms with Crippen LogP contribution in [0.5, 0.6) is 0 Å². The topological polar surface area (TPSA) is 83.6 Å². The summed E-state index contributed by atoms with van der Waals surface area (Å²) < 4.78 is 13.4. The highest BCUT2D eigenvalue weighted by Gasteiger charge is 2.12. The van der Waals surface area contributed by atoms with E-state index in [-0.39, 0.29) is 12.1 Å². The third-order valence-electron chi connectivity index (χ3n) is 2.16. The Balaban J connectivity index is 2.07. The van der Waals surface area contributed by atoms with Crippen molar-refractivity contribution < 1.29 is 9.18 Å². The Morgan fingerprint density at radius 3 is 3.06 bits per heavy atom. The number of aromatic amines is 1. The van der Waals surface area contributed by atoms with Crippen molar-refractivity contribution in [3.8, 4) is 0 Å². The number of nitrogens with one attached hydrogen (secondary N) is 2. The second kappa shape index (κ2) is 4.69. The maximum atomic E-state index is 13.4. The molecule has 0 bridgehead atoms. The number of hydrogen-bond donors (Lipinski definition) is 2. The fourth-order valence-electron chi connectivity index (χ4n) is 1.33. The molecule has 1 aromatic carbocycles. The number of aromatic nitrogens is 4. The van der Waals surface area contributed by atoms with Gasteiger partial charge in [-0.05, 0) is 19.1 Å². The quantitative estimate of drug-likeness (QED) is 0.815. The average Bonchev–Trinajstić information content (AvgIpc) is 2.82. The lowest BCUT2D eigenvalue weighted by Gasteiger charge is -2.04. The van der Waals surface area contributed by atoms with Crippen LogP contribution in [0.25, 0.3) is 0 Å². The molecule has 17 heavy (non-hydrogen) atoms. The van der Waals surface area contributed by atoms with Crippen LogP contribution in [0.4, 0.5) is 4.39 Å². The van der Waals surface area contributed by atoms with E-state index < -0.39 is 11.7 Å². The minimum atomic E-state index is -0.554. The second-order valence-corrected chi connectivity index (χ2v) is 3.49. The predicted octanol–water partition coefficient (Wildman–Crippen LogP) is 0.577. The van der Waals surface area contributed by atoms with Crippen LogP contribution in [0.1, 0.15) is 21.7 Å². The van der Waals surface area contributed by atoms with Crippen LogP contribution in [0, 0.1) is 12.7 Å². The molecular weight excluding hydrogens is 225 g/mol. The first-order chi connectivity index (χ1) is 8.16. The number of amides is 1. The van der Waals surface area contributed by atoms with Gasteiger partial charge in [0, 0.05) is 0 Å². The van der Waals surface area contributed by atoms with Gasteiger partial charge in [-0.2, -0.15) is 5.21 Å². The smallest absolute Gasteiger partial charge is 0.254 e. The molecule has 0 aliphatic carbocycles. The van der Waals surface area contributed by atoms with Gasteiger partial charge in [-0.25, -0.2) is 4.39 Å². The van der Waals surface area contributed by atoms with Crippen molar-refractivity contribution in [2.75, 3.05) is 0 Å². The maximum Gasteiger partial charge on any atom is 0.254 e. The Morgan fingerprint density at radius 2 is 2.35 bits per heavy atom. The number of aryl methyl sites for hydroxylation is 1. The molecule has 2 rings (SSSR count). The number of nitrogens with zero attached hydrogens (tertiary/aromatic N) is 3. The van der Waals surface area contributed by atoms with E-state index in [1.807, 2.05) is 0 Å². The molecule has 0 saturated carbocycles. The molecule has 2 N–H and O–H groups in total. The molecule has 2 aromatic rings. The highest BCUT2D eigenvalue weighted by atomic mass is 19.1. The zero-order valence-corrected chi connectivity index (χ0v) is 9.07. The Kier molecular flexibility index (Phi) is 3.08. The lowest BCUT2D eigenvalue weighted by molar-refractivity contribution is 0.0945. The van der Waals surface area contributed by atoms with E-state index >= 15 is 0 Å². The minimum Gasteiger partial charge on any atom is -0.344 e.